The number of benzene rings is 1. The molecule has 0 saturated carbocycles. The summed E-state index contributed by atoms with van der Waals surface area (Å²) in [7, 11) is 1.61. The minimum atomic E-state index is -1.02. The largest absolute Gasteiger partial charge is 0.497 e. The van der Waals surface area contributed by atoms with Crippen LogP contribution in [-0.2, 0) is 0 Å². The van der Waals surface area contributed by atoms with Crippen LogP contribution in [0.4, 0.5) is 0 Å². The Morgan fingerprint density at radius 3 is 2.65 bits per heavy atom. The van der Waals surface area contributed by atoms with Gasteiger partial charge in [0.15, 0.2) is 5.65 Å². The van der Waals surface area contributed by atoms with E-state index in [9.17, 15) is 4.79 Å². The molecule has 0 aliphatic carbocycles. The van der Waals surface area contributed by atoms with Crippen LogP contribution in [0.15, 0.2) is 42.9 Å². The third kappa shape index (κ3) is 1.97. The lowest BCUT2D eigenvalue weighted by atomic mass is 10.2. The number of carbonyl (C=O) groups is 1. The third-order valence-electron chi connectivity index (χ3n) is 2.99. The van der Waals surface area contributed by atoms with Crippen LogP contribution in [-0.4, -0.2) is 32.7 Å². The number of pyridine rings is 1. The molecule has 0 saturated heterocycles. The smallest absolute Gasteiger partial charge is 0.337 e. The molecule has 6 heteroatoms. The summed E-state index contributed by atoms with van der Waals surface area (Å²) in [5.41, 5.74) is 2.15. The number of nitrogens with zero attached hydrogens (tertiary/aromatic N) is 3. The van der Waals surface area contributed by atoms with Crippen LogP contribution >= 0.6 is 0 Å². The van der Waals surface area contributed by atoms with Crippen molar-refractivity contribution in [3.63, 3.8) is 0 Å². The molecule has 3 rings (SSSR count). The predicted octanol–water partition coefficient (Wildman–Crippen LogP) is 2.13. The first kappa shape index (κ1) is 12.2. The summed E-state index contributed by atoms with van der Waals surface area (Å²) in [6.45, 7) is 0. The van der Waals surface area contributed by atoms with E-state index in [2.05, 4.69) is 9.97 Å². The quantitative estimate of drug-likeness (QED) is 0.788. The van der Waals surface area contributed by atoms with Gasteiger partial charge in [0.2, 0.25) is 0 Å². The SMILES string of the molecule is COc1ccc(-n2cnc3cc(C(=O)O)cnc32)cc1. The molecule has 1 N–H and O–H groups in total. The number of ether oxygens (including phenoxy) is 1. The maximum Gasteiger partial charge on any atom is 0.337 e. The van der Waals surface area contributed by atoms with Gasteiger partial charge in [0, 0.05) is 11.9 Å². The van der Waals surface area contributed by atoms with Crippen LogP contribution in [0.25, 0.3) is 16.9 Å². The highest BCUT2D eigenvalue weighted by molar-refractivity contribution is 5.91. The molecule has 3 aromatic rings. The Labute approximate surface area is 114 Å². The molecule has 1 aromatic carbocycles. The highest BCUT2D eigenvalue weighted by Crippen LogP contribution is 2.19. The van der Waals surface area contributed by atoms with Gasteiger partial charge in [0.05, 0.1) is 12.7 Å². The number of hydrogen-bond acceptors (Lipinski definition) is 4. The van der Waals surface area contributed by atoms with Crippen LogP contribution in [0.1, 0.15) is 10.4 Å². The molecule has 100 valence electrons. The summed E-state index contributed by atoms with van der Waals surface area (Å²) in [5.74, 6) is -0.252. The maximum absolute atomic E-state index is 10.9. The van der Waals surface area contributed by atoms with Gasteiger partial charge in [-0.05, 0) is 30.3 Å². The van der Waals surface area contributed by atoms with E-state index in [-0.39, 0.29) is 5.56 Å². The first-order chi connectivity index (χ1) is 9.69. The van der Waals surface area contributed by atoms with Crippen molar-refractivity contribution >= 4 is 17.1 Å². The minimum absolute atomic E-state index is 0.123. The summed E-state index contributed by atoms with van der Waals surface area (Å²) in [6.07, 6.45) is 2.94. The highest BCUT2D eigenvalue weighted by Gasteiger charge is 2.10. The second kappa shape index (κ2) is 4.65. The molecular formula is C14H11N3O3. The molecule has 0 amide bonds. The van der Waals surface area contributed by atoms with Crippen molar-refractivity contribution in [2.24, 2.45) is 0 Å². The van der Waals surface area contributed by atoms with Crippen LogP contribution < -0.4 is 4.74 Å². The fraction of sp³-hybridized carbons (Fsp3) is 0.0714. The lowest BCUT2D eigenvalue weighted by Crippen LogP contribution is -1.98. The Balaban J connectivity index is 2.09. The Kier molecular flexibility index (Phi) is 2.83. The van der Waals surface area contributed by atoms with E-state index in [0.717, 1.165) is 11.4 Å². The zero-order valence-electron chi connectivity index (χ0n) is 10.6. The molecule has 2 heterocycles. The topological polar surface area (TPSA) is 77.2 Å². The minimum Gasteiger partial charge on any atom is -0.497 e. The molecule has 0 radical (unpaired) electrons. The van der Waals surface area contributed by atoms with Gasteiger partial charge >= 0.3 is 5.97 Å². The number of hydrogen-bond donors (Lipinski definition) is 1. The lowest BCUT2D eigenvalue weighted by Gasteiger charge is -2.05. The van der Waals surface area contributed by atoms with E-state index in [0.29, 0.717) is 11.2 Å². The highest BCUT2D eigenvalue weighted by atomic mass is 16.5. The van der Waals surface area contributed by atoms with E-state index in [1.54, 1.807) is 18.0 Å². The van der Waals surface area contributed by atoms with Gasteiger partial charge in [-0.2, -0.15) is 0 Å². The van der Waals surface area contributed by atoms with Gasteiger partial charge in [0.25, 0.3) is 0 Å². The second-order valence-corrected chi connectivity index (χ2v) is 4.18. The molecule has 0 fully saturated rings. The van der Waals surface area contributed by atoms with Crippen LogP contribution in [0.5, 0.6) is 5.75 Å². The van der Waals surface area contributed by atoms with E-state index in [4.69, 9.17) is 9.84 Å². The number of rotatable bonds is 3. The zero-order valence-corrected chi connectivity index (χ0v) is 10.6. The molecule has 0 aliphatic rings. The van der Waals surface area contributed by atoms with Crippen molar-refractivity contribution in [1.29, 1.82) is 0 Å². The van der Waals surface area contributed by atoms with Gasteiger partial charge in [-0.25, -0.2) is 14.8 Å². The number of carboxylic acid groups (broad SMARTS) is 1. The number of aromatic nitrogens is 3. The number of imidazole rings is 1. The van der Waals surface area contributed by atoms with Crippen molar-refractivity contribution in [2.45, 2.75) is 0 Å². The maximum atomic E-state index is 10.9. The number of fused-ring (bicyclic) bond motifs is 1. The summed E-state index contributed by atoms with van der Waals surface area (Å²) >= 11 is 0. The first-order valence-corrected chi connectivity index (χ1v) is 5.90. The normalized spacial score (nSPS) is 10.7. The van der Waals surface area contributed by atoms with Gasteiger partial charge in [-0.3, -0.25) is 4.57 Å². The molecule has 2 aromatic heterocycles. The molecule has 20 heavy (non-hydrogen) atoms. The van der Waals surface area contributed by atoms with Crippen LogP contribution in [0.3, 0.4) is 0 Å². The molecule has 0 aliphatic heterocycles. The average Bonchev–Trinajstić information content (AvgIpc) is 2.90. The molecule has 0 spiro atoms. The fourth-order valence-electron chi connectivity index (χ4n) is 1.95. The lowest BCUT2D eigenvalue weighted by molar-refractivity contribution is 0.0696. The summed E-state index contributed by atoms with van der Waals surface area (Å²) in [5, 5.41) is 8.94. The Morgan fingerprint density at radius 1 is 1.25 bits per heavy atom. The number of methoxy groups -OCH3 is 1. The van der Waals surface area contributed by atoms with E-state index in [1.807, 2.05) is 24.3 Å². The van der Waals surface area contributed by atoms with Crippen LogP contribution in [0.2, 0.25) is 0 Å². The Morgan fingerprint density at radius 2 is 2.00 bits per heavy atom. The third-order valence-corrected chi connectivity index (χ3v) is 2.99. The molecule has 0 unspecified atom stereocenters. The summed E-state index contributed by atoms with van der Waals surface area (Å²) in [6, 6.07) is 8.95. The summed E-state index contributed by atoms with van der Waals surface area (Å²) < 4.78 is 6.90. The Bertz CT molecular complexity index is 778. The molecule has 0 bridgehead atoms. The van der Waals surface area contributed by atoms with Gasteiger partial charge in [-0.1, -0.05) is 0 Å². The Hall–Kier alpha value is -2.89. The summed E-state index contributed by atoms with van der Waals surface area (Å²) in [4.78, 5) is 19.3. The molecular weight excluding hydrogens is 258 g/mol. The van der Waals surface area contributed by atoms with Gasteiger partial charge < -0.3 is 9.84 Å². The average molecular weight is 269 g/mol. The van der Waals surface area contributed by atoms with Gasteiger partial charge in [0.1, 0.15) is 17.6 Å². The van der Waals surface area contributed by atoms with E-state index >= 15 is 0 Å². The zero-order chi connectivity index (χ0) is 14.1. The van der Waals surface area contributed by atoms with Crippen molar-refractivity contribution in [1.82, 2.24) is 14.5 Å². The second-order valence-electron chi connectivity index (χ2n) is 4.18. The van der Waals surface area contributed by atoms with E-state index < -0.39 is 5.97 Å². The predicted molar refractivity (Wildman–Crippen MR) is 72.4 cm³/mol. The van der Waals surface area contributed by atoms with Crippen LogP contribution in [0, 0.1) is 0 Å². The number of carboxylic acids is 1. The standard InChI is InChI=1S/C14H11N3O3/c1-20-11-4-2-10(3-5-11)17-8-16-12-6-9(14(18)19)7-15-13(12)17/h2-8H,1H3,(H,18,19). The monoisotopic (exact) mass is 269 g/mol. The van der Waals surface area contributed by atoms with Crippen molar-refractivity contribution in [3.8, 4) is 11.4 Å². The van der Waals surface area contributed by atoms with Crippen molar-refractivity contribution in [3.05, 3.63) is 48.4 Å². The fourth-order valence-corrected chi connectivity index (χ4v) is 1.95. The van der Waals surface area contributed by atoms with Gasteiger partial charge in [-0.15, -0.1) is 0 Å². The molecule has 6 nitrogen and oxygen atoms in total. The van der Waals surface area contributed by atoms with E-state index in [1.165, 1.54) is 12.3 Å². The van der Waals surface area contributed by atoms with Crippen molar-refractivity contribution < 1.29 is 14.6 Å². The van der Waals surface area contributed by atoms with Crippen molar-refractivity contribution in [2.75, 3.05) is 7.11 Å². The first-order valence-electron chi connectivity index (χ1n) is 5.90. The molecule has 0 atom stereocenters. The number of aromatic carboxylic acids is 1.